The molecular weight excluding hydrogens is 386 g/mol. The second-order valence-corrected chi connectivity index (χ2v) is 8.44. The summed E-state index contributed by atoms with van der Waals surface area (Å²) in [7, 11) is 0. The Morgan fingerprint density at radius 3 is 2.93 bits per heavy atom. The van der Waals surface area contributed by atoms with Crippen molar-refractivity contribution in [3.05, 3.63) is 73.8 Å². The molecule has 0 fully saturated rings. The van der Waals surface area contributed by atoms with Crippen LogP contribution in [0.2, 0.25) is 0 Å². The van der Waals surface area contributed by atoms with Crippen molar-refractivity contribution in [3.8, 4) is 0 Å². The van der Waals surface area contributed by atoms with Gasteiger partial charge in [0, 0.05) is 42.0 Å². The van der Waals surface area contributed by atoms with Crippen LogP contribution < -0.4 is 5.32 Å². The molecular formula is C22H25N3O3S. The third-order valence-electron chi connectivity index (χ3n) is 5.46. The number of benzene rings is 1. The molecule has 0 spiro atoms. The number of nitrogens with zero attached hydrogens (tertiary/aromatic N) is 2. The van der Waals surface area contributed by atoms with Gasteiger partial charge in [0.2, 0.25) is 0 Å². The molecule has 2 N–H and O–H groups in total. The number of thiophene rings is 1. The molecule has 2 aromatic heterocycles. The van der Waals surface area contributed by atoms with Crippen LogP contribution >= 0.6 is 11.3 Å². The molecule has 3 heterocycles. The first kappa shape index (κ1) is 19.8. The van der Waals surface area contributed by atoms with Gasteiger partial charge in [-0.05, 0) is 37.0 Å². The van der Waals surface area contributed by atoms with Crippen LogP contribution in [0.3, 0.4) is 0 Å². The van der Waals surface area contributed by atoms with E-state index in [-0.39, 0.29) is 12.5 Å². The normalized spacial score (nSPS) is 14.0. The van der Waals surface area contributed by atoms with Gasteiger partial charge < -0.3 is 14.9 Å². The highest BCUT2D eigenvalue weighted by Gasteiger charge is 2.25. The molecule has 1 aliphatic rings. The summed E-state index contributed by atoms with van der Waals surface area (Å²) in [6.45, 7) is 6.96. The second-order valence-electron chi connectivity index (χ2n) is 7.48. The minimum atomic E-state index is -0.0314. The molecule has 3 aromatic rings. The number of fused-ring (bicyclic) bond motifs is 1. The van der Waals surface area contributed by atoms with Gasteiger partial charge in [0.25, 0.3) is 5.91 Å². The largest absolute Gasteiger partial charge is 0.392 e. The quantitative estimate of drug-likeness (QED) is 0.651. The molecule has 0 unspecified atom stereocenters. The van der Waals surface area contributed by atoms with E-state index in [1.54, 1.807) is 11.3 Å². The Morgan fingerprint density at radius 1 is 1.34 bits per heavy atom. The third kappa shape index (κ3) is 4.27. The summed E-state index contributed by atoms with van der Waals surface area (Å²) in [6, 6.07) is 7.63. The number of rotatable bonds is 6. The van der Waals surface area contributed by atoms with Gasteiger partial charge in [-0.25, -0.2) is 0 Å². The molecule has 152 valence electrons. The van der Waals surface area contributed by atoms with Crippen molar-refractivity contribution in [1.82, 2.24) is 15.4 Å². The van der Waals surface area contributed by atoms with Crippen molar-refractivity contribution in [2.24, 2.45) is 0 Å². The Bertz CT molecular complexity index is 1000. The Labute approximate surface area is 174 Å². The molecule has 7 heteroatoms. The predicted octanol–water partition coefficient (Wildman–Crippen LogP) is 3.33. The molecule has 1 aliphatic heterocycles. The lowest BCUT2D eigenvalue weighted by Crippen LogP contribution is -2.31. The Morgan fingerprint density at radius 2 is 2.17 bits per heavy atom. The number of carbonyl (C=O) groups is 1. The van der Waals surface area contributed by atoms with Crippen molar-refractivity contribution >= 4 is 17.2 Å². The van der Waals surface area contributed by atoms with E-state index >= 15 is 0 Å². The van der Waals surface area contributed by atoms with Gasteiger partial charge in [0.05, 0.1) is 17.9 Å². The molecule has 1 aromatic carbocycles. The number of carbonyl (C=O) groups excluding carboxylic acids is 1. The number of amides is 1. The average molecular weight is 412 g/mol. The number of aliphatic hydroxyl groups is 1. The summed E-state index contributed by atoms with van der Waals surface area (Å²) in [5, 5.41) is 18.3. The SMILES string of the molecule is Cc1noc(C)c1CN1CCc2c(C(=O)NCc3cccc(CO)c3)csc2C1. The minimum absolute atomic E-state index is 0.00422. The Hall–Kier alpha value is -2.48. The van der Waals surface area contributed by atoms with Crippen LogP contribution in [0.25, 0.3) is 0 Å². The van der Waals surface area contributed by atoms with Crippen molar-refractivity contribution < 1.29 is 14.4 Å². The molecule has 0 atom stereocenters. The van der Waals surface area contributed by atoms with Crippen LogP contribution in [0.1, 0.15) is 48.9 Å². The zero-order valence-electron chi connectivity index (χ0n) is 16.7. The molecule has 1 amide bonds. The van der Waals surface area contributed by atoms with Crippen LogP contribution in [0.4, 0.5) is 0 Å². The number of hydrogen-bond acceptors (Lipinski definition) is 6. The lowest BCUT2D eigenvalue weighted by atomic mass is 10.0. The van der Waals surface area contributed by atoms with Gasteiger partial charge in [0.15, 0.2) is 0 Å². The van der Waals surface area contributed by atoms with Crippen molar-refractivity contribution in [2.45, 2.75) is 46.5 Å². The summed E-state index contributed by atoms with van der Waals surface area (Å²) in [5.74, 6) is 0.848. The molecule has 6 nitrogen and oxygen atoms in total. The Kier molecular flexibility index (Phi) is 5.80. The highest BCUT2D eigenvalue weighted by atomic mass is 32.1. The number of aryl methyl sites for hydroxylation is 2. The van der Waals surface area contributed by atoms with Crippen molar-refractivity contribution in [3.63, 3.8) is 0 Å². The molecule has 4 rings (SSSR count). The molecule has 0 radical (unpaired) electrons. The van der Waals surface area contributed by atoms with Gasteiger partial charge >= 0.3 is 0 Å². The maximum Gasteiger partial charge on any atom is 0.252 e. The van der Waals surface area contributed by atoms with Gasteiger partial charge in [-0.3, -0.25) is 9.69 Å². The van der Waals surface area contributed by atoms with Crippen molar-refractivity contribution in [2.75, 3.05) is 6.54 Å². The monoisotopic (exact) mass is 411 g/mol. The Balaban J connectivity index is 1.40. The van der Waals surface area contributed by atoms with E-state index in [4.69, 9.17) is 4.52 Å². The maximum absolute atomic E-state index is 12.7. The first-order chi connectivity index (χ1) is 14.0. The van der Waals surface area contributed by atoms with Gasteiger partial charge in [-0.1, -0.05) is 29.4 Å². The highest BCUT2D eigenvalue weighted by Crippen LogP contribution is 2.30. The molecule has 0 bridgehead atoms. The maximum atomic E-state index is 12.7. The summed E-state index contributed by atoms with van der Waals surface area (Å²) in [4.78, 5) is 16.4. The van der Waals surface area contributed by atoms with Gasteiger partial charge in [0.1, 0.15) is 5.76 Å². The molecule has 29 heavy (non-hydrogen) atoms. The van der Waals surface area contributed by atoms with E-state index in [9.17, 15) is 9.90 Å². The van der Waals surface area contributed by atoms with Crippen molar-refractivity contribution in [1.29, 1.82) is 0 Å². The van der Waals surface area contributed by atoms with Gasteiger partial charge in [-0.15, -0.1) is 11.3 Å². The fourth-order valence-electron chi connectivity index (χ4n) is 3.77. The first-order valence-electron chi connectivity index (χ1n) is 9.75. The standard InChI is InChI=1S/C22H25N3O3S/c1-14-19(15(2)28-24-14)10-25-7-6-18-20(13-29-21(18)11-25)22(27)23-9-16-4-3-5-17(8-16)12-26/h3-5,8,13,26H,6-7,9-12H2,1-2H3,(H,23,27). The topological polar surface area (TPSA) is 78.6 Å². The predicted molar refractivity (Wildman–Crippen MR) is 112 cm³/mol. The van der Waals surface area contributed by atoms with Crippen LogP contribution in [0.5, 0.6) is 0 Å². The van der Waals surface area contributed by atoms with E-state index in [2.05, 4.69) is 15.4 Å². The molecule has 0 aliphatic carbocycles. The number of hydrogen-bond donors (Lipinski definition) is 2. The van der Waals surface area contributed by atoms with E-state index in [0.29, 0.717) is 6.54 Å². The zero-order valence-corrected chi connectivity index (χ0v) is 17.5. The zero-order chi connectivity index (χ0) is 20.4. The van der Waals surface area contributed by atoms with Gasteiger partial charge in [-0.2, -0.15) is 0 Å². The number of aliphatic hydroxyl groups excluding tert-OH is 1. The summed E-state index contributed by atoms with van der Waals surface area (Å²) in [5.41, 5.74) is 5.91. The smallest absolute Gasteiger partial charge is 0.252 e. The summed E-state index contributed by atoms with van der Waals surface area (Å²) < 4.78 is 5.28. The van der Waals surface area contributed by atoms with E-state index in [1.165, 1.54) is 10.4 Å². The summed E-state index contributed by atoms with van der Waals surface area (Å²) in [6.07, 6.45) is 0.866. The van der Waals surface area contributed by atoms with E-state index in [1.807, 2.05) is 43.5 Å². The number of nitrogens with one attached hydrogen (secondary N) is 1. The lowest BCUT2D eigenvalue weighted by Gasteiger charge is -2.27. The number of aromatic nitrogens is 1. The highest BCUT2D eigenvalue weighted by molar-refractivity contribution is 7.10. The third-order valence-corrected chi connectivity index (χ3v) is 6.47. The fraction of sp³-hybridized carbons (Fsp3) is 0.364. The minimum Gasteiger partial charge on any atom is -0.392 e. The molecule has 0 saturated heterocycles. The van der Waals surface area contributed by atoms with Crippen LogP contribution in [-0.4, -0.2) is 27.6 Å². The van der Waals surface area contributed by atoms with Crippen LogP contribution in [-0.2, 0) is 32.7 Å². The van der Waals surface area contributed by atoms with E-state index < -0.39 is 0 Å². The lowest BCUT2D eigenvalue weighted by molar-refractivity contribution is 0.0949. The fourth-order valence-corrected chi connectivity index (χ4v) is 4.89. The average Bonchev–Trinajstić information content (AvgIpc) is 3.30. The summed E-state index contributed by atoms with van der Waals surface area (Å²) >= 11 is 1.66. The first-order valence-corrected chi connectivity index (χ1v) is 10.6. The van der Waals surface area contributed by atoms with Crippen LogP contribution in [0.15, 0.2) is 34.2 Å². The molecule has 0 saturated carbocycles. The van der Waals surface area contributed by atoms with Crippen LogP contribution in [0, 0.1) is 13.8 Å². The second kappa shape index (κ2) is 8.49. The van der Waals surface area contributed by atoms with E-state index in [0.717, 1.165) is 59.8 Å².